The molecule has 0 aliphatic heterocycles. The van der Waals surface area contributed by atoms with Crippen molar-refractivity contribution in [2.24, 2.45) is 0 Å². The van der Waals surface area contributed by atoms with Gasteiger partial charge in [0.15, 0.2) is 5.60 Å². The first-order chi connectivity index (χ1) is 15.6. The number of thiazole rings is 1. The number of esters is 1. The minimum Gasteiger partial charge on any atom is -0.476 e. The van der Waals surface area contributed by atoms with Crippen LogP contribution in [0.5, 0.6) is 5.75 Å². The quantitative estimate of drug-likeness (QED) is 0.374. The molecule has 3 rings (SSSR count). The molecule has 1 aromatic heterocycles. The third kappa shape index (κ3) is 6.25. The summed E-state index contributed by atoms with van der Waals surface area (Å²) in [4.78, 5) is 29.8. The van der Waals surface area contributed by atoms with Crippen LogP contribution in [0, 0.1) is 6.92 Å². The predicted molar refractivity (Wildman–Crippen MR) is 131 cm³/mol. The monoisotopic (exact) mass is 506 g/mol. The standard InChI is InChI=1S/C24H24Cl2N2O4S/c1-5-31-23(30)24(3,4)32-17-9-6-15(7-10-17)13-27-21(29)20-14(2)28-22(33-20)16-8-11-18(25)19(26)12-16/h6-12H,5,13H2,1-4H3,(H,27,29). The number of amides is 1. The van der Waals surface area contributed by atoms with Gasteiger partial charge in [0.2, 0.25) is 0 Å². The van der Waals surface area contributed by atoms with Gasteiger partial charge in [0, 0.05) is 12.1 Å². The van der Waals surface area contributed by atoms with Crippen LogP contribution in [-0.4, -0.2) is 29.1 Å². The number of hydrogen-bond acceptors (Lipinski definition) is 6. The molecule has 0 saturated carbocycles. The molecule has 0 bridgehead atoms. The summed E-state index contributed by atoms with van der Waals surface area (Å²) in [7, 11) is 0. The van der Waals surface area contributed by atoms with E-state index in [1.807, 2.05) is 18.2 Å². The Kier molecular flexibility index (Phi) is 8.00. The highest BCUT2D eigenvalue weighted by Gasteiger charge is 2.31. The third-order valence-electron chi connectivity index (χ3n) is 4.69. The fourth-order valence-electron chi connectivity index (χ4n) is 2.94. The fraction of sp³-hybridized carbons (Fsp3) is 0.292. The summed E-state index contributed by atoms with van der Waals surface area (Å²) < 4.78 is 10.8. The first-order valence-electron chi connectivity index (χ1n) is 10.3. The number of nitrogens with one attached hydrogen (secondary N) is 1. The first kappa shape index (κ1) is 25.0. The van der Waals surface area contributed by atoms with E-state index in [9.17, 15) is 9.59 Å². The van der Waals surface area contributed by atoms with Crippen molar-refractivity contribution in [2.75, 3.05) is 6.61 Å². The maximum Gasteiger partial charge on any atom is 0.349 e. The lowest BCUT2D eigenvalue weighted by Crippen LogP contribution is -2.39. The molecule has 0 fully saturated rings. The lowest BCUT2D eigenvalue weighted by atomic mass is 10.1. The van der Waals surface area contributed by atoms with E-state index in [0.29, 0.717) is 44.5 Å². The zero-order valence-electron chi connectivity index (χ0n) is 18.7. The molecule has 174 valence electrons. The molecular formula is C24H24Cl2N2O4S. The van der Waals surface area contributed by atoms with Gasteiger partial charge >= 0.3 is 5.97 Å². The molecule has 33 heavy (non-hydrogen) atoms. The number of aromatic nitrogens is 1. The van der Waals surface area contributed by atoms with E-state index in [1.165, 1.54) is 11.3 Å². The molecule has 0 aliphatic carbocycles. The minimum absolute atomic E-state index is 0.208. The van der Waals surface area contributed by atoms with Crippen LogP contribution in [0.25, 0.3) is 10.6 Å². The summed E-state index contributed by atoms with van der Waals surface area (Å²) in [5, 5.41) is 4.51. The molecule has 9 heteroatoms. The zero-order chi connectivity index (χ0) is 24.2. The van der Waals surface area contributed by atoms with Crippen molar-refractivity contribution in [1.82, 2.24) is 10.3 Å². The molecule has 1 N–H and O–H groups in total. The smallest absolute Gasteiger partial charge is 0.349 e. The normalized spacial score (nSPS) is 11.2. The Bertz CT molecular complexity index is 1160. The topological polar surface area (TPSA) is 77.5 Å². The Labute approximate surface area is 206 Å². The highest BCUT2D eigenvalue weighted by Crippen LogP contribution is 2.32. The van der Waals surface area contributed by atoms with E-state index >= 15 is 0 Å². The Balaban J connectivity index is 1.62. The summed E-state index contributed by atoms with van der Waals surface area (Å²) in [6.45, 7) is 7.48. The largest absolute Gasteiger partial charge is 0.476 e. The number of rotatable bonds is 8. The van der Waals surface area contributed by atoms with Crippen LogP contribution in [0.3, 0.4) is 0 Å². The molecule has 3 aromatic rings. The van der Waals surface area contributed by atoms with Crippen LogP contribution in [0.15, 0.2) is 42.5 Å². The van der Waals surface area contributed by atoms with Gasteiger partial charge in [0.1, 0.15) is 15.6 Å². The van der Waals surface area contributed by atoms with Gasteiger partial charge in [-0.25, -0.2) is 9.78 Å². The third-order valence-corrected chi connectivity index (χ3v) is 6.63. The average molecular weight is 507 g/mol. The van der Waals surface area contributed by atoms with Gasteiger partial charge in [0.05, 0.1) is 22.3 Å². The van der Waals surface area contributed by atoms with Gasteiger partial charge in [-0.15, -0.1) is 11.3 Å². The maximum absolute atomic E-state index is 12.7. The van der Waals surface area contributed by atoms with E-state index in [0.717, 1.165) is 11.1 Å². The predicted octanol–water partition coefficient (Wildman–Crippen LogP) is 6.08. The number of nitrogens with zero attached hydrogens (tertiary/aromatic N) is 1. The van der Waals surface area contributed by atoms with Gasteiger partial charge in [-0.3, -0.25) is 4.79 Å². The molecule has 0 spiro atoms. The number of hydrogen-bond donors (Lipinski definition) is 1. The van der Waals surface area contributed by atoms with Crippen molar-refractivity contribution in [3.05, 3.63) is 68.6 Å². The molecular weight excluding hydrogens is 483 g/mol. The summed E-state index contributed by atoms with van der Waals surface area (Å²) in [6, 6.07) is 12.4. The second-order valence-corrected chi connectivity index (χ2v) is 9.54. The molecule has 1 heterocycles. The summed E-state index contributed by atoms with van der Waals surface area (Å²) in [5.41, 5.74) is 1.24. The Hall–Kier alpha value is -2.61. The molecule has 0 atom stereocenters. The van der Waals surface area contributed by atoms with E-state index in [4.69, 9.17) is 32.7 Å². The van der Waals surface area contributed by atoms with Crippen molar-refractivity contribution in [3.63, 3.8) is 0 Å². The van der Waals surface area contributed by atoms with Crippen molar-refractivity contribution in [2.45, 2.75) is 39.8 Å². The molecule has 6 nitrogen and oxygen atoms in total. The Morgan fingerprint density at radius 2 is 1.79 bits per heavy atom. The molecule has 0 saturated heterocycles. The number of carbonyl (C=O) groups excluding carboxylic acids is 2. The highest BCUT2D eigenvalue weighted by atomic mass is 35.5. The van der Waals surface area contributed by atoms with Gasteiger partial charge in [-0.2, -0.15) is 0 Å². The number of benzene rings is 2. The van der Waals surface area contributed by atoms with E-state index in [-0.39, 0.29) is 5.91 Å². The average Bonchev–Trinajstić information content (AvgIpc) is 3.16. The maximum atomic E-state index is 12.7. The Morgan fingerprint density at radius 3 is 2.42 bits per heavy atom. The van der Waals surface area contributed by atoms with Crippen LogP contribution in [-0.2, 0) is 16.1 Å². The van der Waals surface area contributed by atoms with Crippen molar-refractivity contribution >= 4 is 46.4 Å². The van der Waals surface area contributed by atoms with E-state index < -0.39 is 11.6 Å². The van der Waals surface area contributed by atoms with Crippen LogP contribution in [0.1, 0.15) is 41.7 Å². The summed E-state index contributed by atoms with van der Waals surface area (Å²) in [6.07, 6.45) is 0. The fourth-order valence-corrected chi connectivity index (χ4v) is 4.22. The second-order valence-electron chi connectivity index (χ2n) is 7.72. The van der Waals surface area contributed by atoms with E-state index in [2.05, 4.69) is 10.3 Å². The van der Waals surface area contributed by atoms with Gasteiger partial charge in [-0.1, -0.05) is 41.4 Å². The van der Waals surface area contributed by atoms with Crippen LogP contribution >= 0.6 is 34.5 Å². The Morgan fingerprint density at radius 1 is 1.09 bits per heavy atom. The summed E-state index contributed by atoms with van der Waals surface area (Å²) >= 11 is 13.4. The molecule has 0 aliphatic rings. The van der Waals surface area contributed by atoms with Crippen molar-refractivity contribution < 1.29 is 19.1 Å². The molecule has 0 radical (unpaired) electrons. The second kappa shape index (κ2) is 10.5. The van der Waals surface area contributed by atoms with Crippen molar-refractivity contribution in [1.29, 1.82) is 0 Å². The van der Waals surface area contributed by atoms with Crippen LogP contribution in [0.4, 0.5) is 0 Å². The molecule has 2 aromatic carbocycles. The number of ether oxygens (including phenoxy) is 2. The number of halogens is 2. The minimum atomic E-state index is -1.10. The number of aryl methyl sites for hydroxylation is 1. The SMILES string of the molecule is CCOC(=O)C(C)(C)Oc1ccc(CNC(=O)c2sc(-c3ccc(Cl)c(Cl)c3)nc2C)cc1. The lowest BCUT2D eigenvalue weighted by Gasteiger charge is -2.24. The molecule has 0 unspecified atom stereocenters. The summed E-state index contributed by atoms with van der Waals surface area (Å²) in [5.74, 6) is -0.103. The highest BCUT2D eigenvalue weighted by molar-refractivity contribution is 7.17. The zero-order valence-corrected chi connectivity index (χ0v) is 21.0. The van der Waals surface area contributed by atoms with E-state index in [1.54, 1.807) is 52.0 Å². The van der Waals surface area contributed by atoms with Gasteiger partial charge in [-0.05, 0) is 57.5 Å². The van der Waals surface area contributed by atoms with Crippen LogP contribution < -0.4 is 10.1 Å². The van der Waals surface area contributed by atoms with Crippen molar-refractivity contribution in [3.8, 4) is 16.3 Å². The molecule has 1 amide bonds. The first-order valence-corrected chi connectivity index (χ1v) is 11.8. The lowest BCUT2D eigenvalue weighted by molar-refractivity contribution is -0.158. The van der Waals surface area contributed by atoms with Gasteiger partial charge < -0.3 is 14.8 Å². The van der Waals surface area contributed by atoms with Crippen LogP contribution in [0.2, 0.25) is 10.0 Å². The number of carbonyl (C=O) groups is 2. The van der Waals surface area contributed by atoms with Gasteiger partial charge in [0.25, 0.3) is 5.91 Å².